The molecule has 0 N–H and O–H groups in total. The predicted molar refractivity (Wildman–Crippen MR) is 423 cm³/mol. The summed E-state index contributed by atoms with van der Waals surface area (Å²) in [4.78, 5) is 17.5. The minimum Gasteiger partial charge on any atom is -0.310 e. The van der Waals surface area contributed by atoms with Crippen LogP contribution in [0.15, 0.2) is 218 Å². The Morgan fingerprint density at radius 2 is 0.545 bits per heavy atom. The Labute approximate surface area is 586 Å². The molecule has 0 bridgehead atoms. The second-order valence-electron chi connectivity index (χ2n) is 34.7. The Kier molecular flexibility index (Phi) is 14.4. The van der Waals surface area contributed by atoms with Crippen molar-refractivity contribution in [1.82, 2.24) is 24.1 Å². The lowest BCUT2D eigenvalue weighted by Crippen LogP contribution is -2.59. The molecule has 16 rings (SSSR count). The van der Waals surface area contributed by atoms with Crippen LogP contribution in [-0.4, -0.2) is 30.8 Å². The van der Waals surface area contributed by atoms with E-state index < -0.39 is 0 Å². The number of nitrogens with zero attached hydrogens (tertiary/aromatic N) is 5. The second-order valence-corrected chi connectivity index (χ2v) is 34.7. The molecule has 11 aromatic carbocycles. The van der Waals surface area contributed by atoms with Crippen LogP contribution in [0.1, 0.15) is 158 Å². The van der Waals surface area contributed by atoms with Gasteiger partial charge in [-0.15, -0.1) is 0 Å². The van der Waals surface area contributed by atoms with Crippen molar-refractivity contribution >= 4 is 66.7 Å². The minimum absolute atomic E-state index is 0.153. The molecule has 14 aromatic rings. The Morgan fingerprint density at radius 1 is 0.263 bits per heavy atom. The summed E-state index contributed by atoms with van der Waals surface area (Å²) in [5, 5.41) is 4.99. The molecule has 490 valence electrons. The van der Waals surface area contributed by atoms with Crippen molar-refractivity contribution in [2.45, 2.75) is 157 Å². The Hall–Kier alpha value is -9.91. The van der Waals surface area contributed by atoms with Crippen molar-refractivity contribution in [2.75, 3.05) is 0 Å². The van der Waals surface area contributed by atoms with Crippen molar-refractivity contribution in [1.29, 1.82) is 0 Å². The predicted octanol–water partition coefficient (Wildman–Crippen LogP) is 22.7. The van der Waals surface area contributed by atoms with Gasteiger partial charge in [-0.05, 0) is 200 Å². The molecule has 0 saturated carbocycles. The van der Waals surface area contributed by atoms with Crippen LogP contribution in [-0.2, 0) is 32.5 Å². The average molecular weight is 1290 g/mol. The van der Waals surface area contributed by atoms with Gasteiger partial charge in [0.25, 0.3) is 6.71 Å². The smallest absolute Gasteiger partial charge is 0.252 e. The molecule has 0 saturated heterocycles. The van der Waals surface area contributed by atoms with E-state index in [-0.39, 0.29) is 39.2 Å². The molecule has 0 aliphatic carbocycles. The molecule has 0 unspecified atom stereocenters. The van der Waals surface area contributed by atoms with Crippen molar-refractivity contribution in [3.8, 4) is 90.0 Å². The van der Waals surface area contributed by atoms with Crippen molar-refractivity contribution in [3.05, 3.63) is 252 Å². The first kappa shape index (κ1) is 63.8. The van der Waals surface area contributed by atoms with E-state index in [0.29, 0.717) is 17.5 Å². The van der Waals surface area contributed by atoms with Crippen LogP contribution < -0.4 is 16.4 Å². The van der Waals surface area contributed by atoms with Crippen LogP contribution in [0.5, 0.6) is 0 Å². The van der Waals surface area contributed by atoms with Crippen LogP contribution in [0.25, 0.3) is 134 Å². The standard InChI is InChI=1S/C93H90BN5/c1-88(2,3)64-39-61(40-65(49-64)89(4,5)6)85-95-86(62-41-66(90(7,8)9)50-67(42-62)91(10,11)12)97-87(96-85)63-47-78-82-79(48-63)99-77-46-60(56-33-25-20-26-34-56)44-71(58-37-29-22-30-38-58)81(77)73-52-69(93(16,17)18)54-75(84(73)99)94(82)74-53-68(92(13,14)15)51-72-80-70(57-35-27-21-28-36-57)43-59(55-31-23-19-24-32-55)45-76(80)98(78)83(72)74/h19-54H,1-18H3. The molecule has 0 amide bonds. The Morgan fingerprint density at radius 3 is 0.848 bits per heavy atom. The molecule has 0 fully saturated rings. The van der Waals surface area contributed by atoms with Gasteiger partial charge >= 0.3 is 0 Å². The molecule has 3 aromatic heterocycles. The number of hydrogen-bond acceptors (Lipinski definition) is 3. The molecule has 2 aliphatic rings. The van der Waals surface area contributed by atoms with Gasteiger partial charge in [-0.25, -0.2) is 15.0 Å². The van der Waals surface area contributed by atoms with E-state index in [1.807, 2.05) is 0 Å². The van der Waals surface area contributed by atoms with Gasteiger partial charge in [0.05, 0.1) is 11.0 Å². The number of rotatable bonds is 7. The third kappa shape index (κ3) is 10.8. The molecule has 0 radical (unpaired) electrons. The van der Waals surface area contributed by atoms with Crippen molar-refractivity contribution < 1.29 is 0 Å². The van der Waals surface area contributed by atoms with E-state index >= 15 is 0 Å². The maximum absolute atomic E-state index is 5.89. The van der Waals surface area contributed by atoms with Gasteiger partial charge < -0.3 is 9.13 Å². The van der Waals surface area contributed by atoms with Crippen LogP contribution >= 0.6 is 0 Å². The van der Waals surface area contributed by atoms with Crippen LogP contribution in [0.4, 0.5) is 0 Å². The summed E-state index contributed by atoms with van der Waals surface area (Å²) in [5.74, 6) is 1.92. The molecule has 2 aliphatic heterocycles. The van der Waals surface area contributed by atoms with E-state index in [2.05, 4.69) is 352 Å². The molecule has 0 atom stereocenters. The Bertz CT molecular complexity index is 5220. The average Bonchev–Trinajstić information content (AvgIpc) is 1.54. The van der Waals surface area contributed by atoms with Crippen LogP contribution in [0.3, 0.4) is 0 Å². The first-order valence-electron chi connectivity index (χ1n) is 35.7. The highest BCUT2D eigenvalue weighted by atomic mass is 15.1. The molecule has 99 heavy (non-hydrogen) atoms. The van der Waals surface area contributed by atoms with E-state index in [1.165, 1.54) is 116 Å². The fraction of sp³-hybridized carbons (Fsp3) is 0.258. The summed E-state index contributed by atoms with van der Waals surface area (Å²) >= 11 is 0. The van der Waals surface area contributed by atoms with Crippen LogP contribution in [0.2, 0.25) is 0 Å². The number of fused-ring (bicyclic) bond motifs is 10. The lowest BCUT2D eigenvalue weighted by molar-refractivity contribution is 0.568. The largest absolute Gasteiger partial charge is 0.310 e. The molecule has 6 heteroatoms. The van der Waals surface area contributed by atoms with Gasteiger partial charge in [0.1, 0.15) is 0 Å². The highest BCUT2D eigenvalue weighted by Crippen LogP contribution is 2.49. The maximum atomic E-state index is 5.89. The summed E-state index contributed by atoms with van der Waals surface area (Å²) in [6, 6.07) is 83.4. The maximum Gasteiger partial charge on any atom is 0.252 e. The summed E-state index contributed by atoms with van der Waals surface area (Å²) in [6.07, 6.45) is 0. The normalized spacial score (nSPS) is 13.3. The number of benzene rings is 11. The first-order valence-corrected chi connectivity index (χ1v) is 35.7. The first-order chi connectivity index (χ1) is 46.8. The fourth-order valence-corrected chi connectivity index (χ4v) is 15.6. The van der Waals surface area contributed by atoms with E-state index in [0.717, 1.165) is 50.2 Å². The fourth-order valence-electron chi connectivity index (χ4n) is 15.6. The molecule has 5 nitrogen and oxygen atoms in total. The summed E-state index contributed by atoms with van der Waals surface area (Å²) in [7, 11) is 0. The lowest BCUT2D eigenvalue weighted by atomic mass is 9.34. The molecular weight excluding hydrogens is 1200 g/mol. The van der Waals surface area contributed by atoms with Gasteiger partial charge in [-0.3, -0.25) is 0 Å². The van der Waals surface area contributed by atoms with Crippen LogP contribution in [0, 0.1) is 0 Å². The van der Waals surface area contributed by atoms with Crippen molar-refractivity contribution in [2.24, 2.45) is 0 Å². The molecule has 5 heterocycles. The van der Waals surface area contributed by atoms with Gasteiger partial charge in [-0.2, -0.15) is 0 Å². The topological polar surface area (TPSA) is 48.5 Å². The van der Waals surface area contributed by atoms with E-state index in [9.17, 15) is 0 Å². The second kappa shape index (κ2) is 22.3. The third-order valence-electron chi connectivity index (χ3n) is 21.4. The third-order valence-corrected chi connectivity index (χ3v) is 21.4. The zero-order valence-electron chi connectivity index (χ0n) is 61.1. The van der Waals surface area contributed by atoms with Gasteiger partial charge in [0.15, 0.2) is 17.5 Å². The zero-order valence-corrected chi connectivity index (χ0v) is 61.1. The lowest BCUT2D eigenvalue weighted by Gasteiger charge is -2.35. The number of aromatic nitrogens is 5. The Balaban J connectivity index is 1.13. The summed E-state index contributed by atoms with van der Waals surface area (Å²) in [5.41, 5.74) is 29.8. The van der Waals surface area contributed by atoms with E-state index in [4.69, 9.17) is 15.0 Å². The molecule has 0 spiro atoms. The van der Waals surface area contributed by atoms with E-state index in [1.54, 1.807) is 0 Å². The summed E-state index contributed by atoms with van der Waals surface area (Å²) in [6.45, 7) is 41.9. The van der Waals surface area contributed by atoms with Gasteiger partial charge in [0.2, 0.25) is 0 Å². The summed E-state index contributed by atoms with van der Waals surface area (Å²) < 4.78 is 5.34. The highest BCUT2D eigenvalue weighted by Gasteiger charge is 2.44. The monoisotopic (exact) mass is 1290 g/mol. The minimum atomic E-state index is -0.193. The number of hydrogen-bond donors (Lipinski definition) is 0. The SMILES string of the molecule is CC(C)(C)c1cc(-c2nc(-c3cc(C(C)(C)C)cc(C(C)(C)C)c3)nc(-c3cc4c5c(c3)-n3c6cc(-c7ccccc7)cc(-c7ccccc7)c6c6cc(C(C)(C)C)cc(c63)B5c3cc(C(C)(C)C)cc5c6c(-c7ccccc7)cc(-c7ccccc7)cc6n-4c35)n2)cc(C(C)(C)C)c1. The highest BCUT2D eigenvalue weighted by molar-refractivity contribution is 7.00. The van der Waals surface area contributed by atoms with Gasteiger partial charge in [0, 0.05) is 60.6 Å². The zero-order chi connectivity index (χ0) is 69.4. The van der Waals surface area contributed by atoms with Gasteiger partial charge in [-0.1, -0.05) is 270 Å². The molecular formula is C93H90BN5. The van der Waals surface area contributed by atoms with Crippen molar-refractivity contribution in [3.63, 3.8) is 0 Å². The quantitative estimate of drug-likeness (QED) is 0.149.